The van der Waals surface area contributed by atoms with Crippen molar-refractivity contribution in [2.45, 2.75) is 78.9 Å². The third-order valence-electron chi connectivity index (χ3n) is 3.09. The van der Waals surface area contributed by atoms with Gasteiger partial charge in [-0.25, -0.2) is 4.79 Å². The van der Waals surface area contributed by atoms with E-state index < -0.39 is 5.60 Å². The zero-order valence-electron chi connectivity index (χ0n) is 14.3. The van der Waals surface area contributed by atoms with Crippen molar-refractivity contribution in [3.05, 3.63) is 0 Å². The molecule has 0 saturated heterocycles. The minimum Gasteiger partial charge on any atom is -0.444 e. The first-order valence-corrected chi connectivity index (χ1v) is 8.05. The Morgan fingerprint density at radius 1 is 1.15 bits per heavy atom. The highest BCUT2D eigenvalue weighted by Crippen LogP contribution is 2.10. The van der Waals surface area contributed by atoms with E-state index in [1.807, 2.05) is 20.8 Å². The summed E-state index contributed by atoms with van der Waals surface area (Å²) in [6.07, 6.45) is 4.26. The lowest BCUT2D eigenvalue weighted by Crippen LogP contribution is -2.42. The first-order chi connectivity index (χ1) is 9.34. The van der Waals surface area contributed by atoms with Crippen LogP contribution >= 0.6 is 0 Å². The van der Waals surface area contributed by atoms with Crippen LogP contribution in [0.5, 0.6) is 0 Å². The van der Waals surface area contributed by atoms with E-state index in [4.69, 9.17) is 4.74 Å². The number of carbonyl (C=O) groups is 1. The number of nitrogens with zero attached hydrogens (tertiary/aromatic N) is 1. The summed E-state index contributed by atoms with van der Waals surface area (Å²) in [4.78, 5) is 13.9. The minimum atomic E-state index is -0.426. The number of amides is 1. The van der Waals surface area contributed by atoms with E-state index in [2.05, 4.69) is 26.1 Å². The SMILES string of the molecule is CCCC(CC)NCCN(CCC)C(=O)OC(C)(C)C. The Kier molecular flexibility index (Phi) is 9.64. The number of ether oxygens (including phenoxy) is 1. The smallest absolute Gasteiger partial charge is 0.410 e. The van der Waals surface area contributed by atoms with Gasteiger partial charge in [0.25, 0.3) is 0 Å². The molecule has 1 N–H and O–H groups in total. The van der Waals surface area contributed by atoms with E-state index in [0.717, 1.165) is 25.9 Å². The highest BCUT2D eigenvalue weighted by molar-refractivity contribution is 5.68. The van der Waals surface area contributed by atoms with Crippen molar-refractivity contribution < 1.29 is 9.53 Å². The molecule has 0 saturated carbocycles. The number of rotatable bonds is 9. The van der Waals surface area contributed by atoms with Crippen molar-refractivity contribution >= 4 is 6.09 Å². The Morgan fingerprint density at radius 3 is 2.25 bits per heavy atom. The van der Waals surface area contributed by atoms with Gasteiger partial charge in [0, 0.05) is 25.7 Å². The van der Waals surface area contributed by atoms with Gasteiger partial charge in [0.2, 0.25) is 0 Å². The van der Waals surface area contributed by atoms with Crippen molar-refractivity contribution in [2.24, 2.45) is 0 Å². The molecule has 0 aliphatic carbocycles. The first kappa shape index (κ1) is 19.2. The second kappa shape index (κ2) is 10.0. The van der Waals surface area contributed by atoms with Gasteiger partial charge in [0.1, 0.15) is 5.60 Å². The van der Waals surface area contributed by atoms with Gasteiger partial charge in [0.05, 0.1) is 0 Å². The fourth-order valence-corrected chi connectivity index (χ4v) is 2.09. The average Bonchev–Trinajstić information content (AvgIpc) is 2.34. The van der Waals surface area contributed by atoms with Crippen LogP contribution in [0.2, 0.25) is 0 Å². The summed E-state index contributed by atoms with van der Waals surface area (Å²) < 4.78 is 5.44. The molecule has 4 nitrogen and oxygen atoms in total. The van der Waals surface area contributed by atoms with Gasteiger partial charge in [-0.15, -0.1) is 0 Å². The van der Waals surface area contributed by atoms with Crippen LogP contribution in [0.25, 0.3) is 0 Å². The van der Waals surface area contributed by atoms with Crippen LogP contribution in [0.4, 0.5) is 4.79 Å². The summed E-state index contributed by atoms with van der Waals surface area (Å²) in [7, 11) is 0. The van der Waals surface area contributed by atoms with Gasteiger partial charge in [-0.1, -0.05) is 27.2 Å². The molecule has 0 radical (unpaired) electrons. The van der Waals surface area contributed by atoms with Crippen molar-refractivity contribution in [3.63, 3.8) is 0 Å². The highest BCUT2D eigenvalue weighted by atomic mass is 16.6. The quantitative estimate of drug-likeness (QED) is 0.701. The molecule has 0 aromatic carbocycles. The maximum Gasteiger partial charge on any atom is 0.410 e. The molecule has 0 fully saturated rings. The van der Waals surface area contributed by atoms with Crippen LogP contribution < -0.4 is 5.32 Å². The molecule has 0 heterocycles. The third-order valence-corrected chi connectivity index (χ3v) is 3.09. The second-order valence-corrected chi connectivity index (χ2v) is 6.32. The molecule has 4 heteroatoms. The number of carbonyl (C=O) groups excluding carboxylic acids is 1. The zero-order chi connectivity index (χ0) is 15.6. The molecule has 0 bridgehead atoms. The van der Waals surface area contributed by atoms with Gasteiger partial charge in [-0.2, -0.15) is 0 Å². The first-order valence-electron chi connectivity index (χ1n) is 8.05. The molecule has 0 aliphatic heterocycles. The maximum absolute atomic E-state index is 12.1. The highest BCUT2D eigenvalue weighted by Gasteiger charge is 2.21. The Hall–Kier alpha value is -0.770. The van der Waals surface area contributed by atoms with Crippen LogP contribution in [-0.2, 0) is 4.74 Å². The molecular formula is C16H34N2O2. The summed E-state index contributed by atoms with van der Waals surface area (Å²) in [5, 5.41) is 3.53. The predicted octanol–water partition coefficient (Wildman–Crippen LogP) is 3.80. The maximum atomic E-state index is 12.1. The molecular weight excluding hydrogens is 252 g/mol. The van der Waals surface area contributed by atoms with Crippen LogP contribution in [0.15, 0.2) is 0 Å². The van der Waals surface area contributed by atoms with E-state index in [0.29, 0.717) is 12.6 Å². The van der Waals surface area contributed by atoms with E-state index in [9.17, 15) is 4.79 Å². The standard InChI is InChI=1S/C16H34N2O2/c1-7-10-14(9-3)17-11-13-18(12-8-2)15(19)20-16(4,5)6/h14,17H,7-13H2,1-6H3. The van der Waals surface area contributed by atoms with Crippen molar-refractivity contribution in [3.8, 4) is 0 Å². The van der Waals surface area contributed by atoms with Crippen LogP contribution in [0, 0.1) is 0 Å². The minimum absolute atomic E-state index is 0.204. The summed E-state index contributed by atoms with van der Waals surface area (Å²) in [5.74, 6) is 0. The number of nitrogens with one attached hydrogen (secondary N) is 1. The largest absolute Gasteiger partial charge is 0.444 e. The third kappa shape index (κ3) is 9.18. The molecule has 0 aliphatic rings. The second-order valence-electron chi connectivity index (χ2n) is 6.32. The molecule has 0 rings (SSSR count). The van der Waals surface area contributed by atoms with Gasteiger partial charge in [0.15, 0.2) is 0 Å². The summed E-state index contributed by atoms with van der Waals surface area (Å²) >= 11 is 0. The summed E-state index contributed by atoms with van der Waals surface area (Å²) in [6.45, 7) is 14.5. The van der Waals surface area contributed by atoms with Crippen LogP contribution in [0.1, 0.15) is 67.2 Å². The van der Waals surface area contributed by atoms with Gasteiger partial charge >= 0.3 is 6.09 Å². The number of hydrogen-bond donors (Lipinski definition) is 1. The van der Waals surface area contributed by atoms with E-state index in [-0.39, 0.29) is 6.09 Å². The summed E-state index contributed by atoms with van der Waals surface area (Å²) in [6, 6.07) is 0.558. The molecule has 1 atom stereocenters. The lowest BCUT2D eigenvalue weighted by Gasteiger charge is -2.28. The van der Waals surface area contributed by atoms with E-state index >= 15 is 0 Å². The van der Waals surface area contributed by atoms with Crippen LogP contribution in [0.3, 0.4) is 0 Å². The molecule has 20 heavy (non-hydrogen) atoms. The normalized spacial score (nSPS) is 13.1. The summed E-state index contributed by atoms with van der Waals surface area (Å²) in [5.41, 5.74) is -0.426. The van der Waals surface area contributed by atoms with Crippen molar-refractivity contribution in [1.82, 2.24) is 10.2 Å². The Bertz CT molecular complexity index is 262. The lowest BCUT2D eigenvalue weighted by atomic mass is 10.1. The van der Waals surface area contributed by atoms with Gasteiger partial charge in [-0.05, 0) is 40.0 Å². The monoisotopic (exact) mass is 286 g/mol. The topological polar surface area (TPSA) is 41.6 Å². The lowest BCUT2D eigenvalue weighted by molar-refractivity contribution is 0.0250. The van der Waals surface area contributed by atoms with Crippen molar-refractivity contribution in [1.29, 1.82) is 0 Å². The Balaban J connectivity index is 4.23. The fourth-order valence-electron chi connectivity index (χ4n) is 2.09. The fraction of sp³-hybridized carbons (Fsp3) is 0.938. The molecule has 0 spiro atoms. The number of hydrogen-bond acceptors (Lipinski definition) is 3. The van der Waals surface area contributed by atoms with Gasteiger partial charge < -0.3 is 15.0 Å². The molecule has 1 unspecified atom stereocenters. The Morgan fingerprint density at radius 2 is 1.80 bits per heavy atom. The molecule has 120 valence electrons. The van der Waals surface area contributed by atoms with E-state index in [1.165, 1.54) is 12.8 Å². The Labute approximate surface area is 125 Å². The molecule has 0 aromatic heterocycles. The molecule has 0 aromatic rings. The van der Waals surface area contributed by atoms with Gasteiger partial charge in [-0.3, -0.25) is 0 Å². The van der Waals surface area contributed by atoms with E-state index in [1.54, 1.807) is 4.90 Å². The van der Waals surface area contributed by atoms with Crippen LogP contribution in [-0.4, -0.2) is 42.3 Å². The average molecular weight is 286 g/mol. The molecule has 1 amide bonds. The predicted molar refractivity (Wildman–Crippen MR) is 85.1 cm³/mol. The van der Waals surface area contributed by atoms with Crippen molar-refractivity contribution in [2.75, 3.05) is 19.6 Å². The zero-order valence-corrected chi connectivity index (χ0v) is 14.3.